The molecule has 10 heteroatoms. The van der Waals surface area contributed by atoms with E-state index in [0.717, 1.165) is 37.6 Å². The standard InChI is InChI=1S/C22H21F4N3O.CO2/c23-17-3-1-2-4-19(17)30-13-14-5-7-15(8-6-14)18-10-9-16(11-27-18)21-28-12-20(29-21)22(24,25)26;2-1-3/h1-4,9-12,14-15H,5-8,13H2,(H,28,29);. The molecule has 1 fully saturated rings. The van der Waals surface area contributed by atoms with Gasteiger partial charge in [0.1, 0.15) is 11.5 Å². The van der Waals surface area contributed by atoms with E-state index in [2.05, 4.69) is 15.0 Å². The number of nitrogens with zero attached hydrogens (tertiary/aromatic N) is 2. The lowest BCUT2D eigenvalue weighted by atomic mass is 9.80. The highest BCUT2D eigenvalue weighted by molar-refractivity contribution is 5.54. The number of H-pyrrole nitrogens is 1. The Bertz CT molecular complexity index is 1070. The number of benzene rings is 1. The fraction of sp³-hybridized carbons (Fsp3) is 0.348. The van der Waals surface area contributed by atoms with Crippen LogP contribution >= 0.6 is 0 Å². The maximum atomic E-state index is 13.6. The number of pyridine rings is 1. The third-order valence-corrected chi connectivity index (χ3v) is 5.52. The Morgan fingerprint density at radius 2 is 1.70 bits per heavy atom. The van der Waals surface area contributed by atoms with E-state index in [9.17, 15) is 17.6 Å². The third-order valence-electron chi connectivity index (χ3n) is 5.52. The van der Waals surface area contributed by atoms with Crippen molar-refractivity contribution < 1.29 is 31.9 Å². The Morgan fingerprint density at radius 1 is 1.00 bits per heavy atom. The molecule has 2 heterocycles. The Balaban J connectivity index is 0.000000968. The SMILES string of the molecule is Fc1ccccc1OCC1CCC(c2ccc(-c3ncc(C(F)(F)F)[nH]3)cn2)CC1.O=C=O. The summed E-state index contributed by atoms with van der Waals surface area (Å²) in [7, 11) is 0. The van der Waals surface area contributed by atoms with Gasteiger partial charge in [0, 0.05) is 23.4 Å². The van der Waals surface area contributed by atoms with Gasteiger partial charge < -0.3 is 9.72 Å². The van der Waals surface area contributed by atoms with E-state index in [1.54, 1.807) is 30.5 Å². The summed E-state index contributed by atoms with van der Waals surface area (Å²) in [6.07, 6.45) is 1.93. The molecule has 33 heavy (non-hydrogen) atoms. The Labute approximate surface area is 187 Å². The summed E-state index contributed by atoms with van der Waals surface area (Å²) in [4.78, 5) is 26.8. The van der Waals surface area contributed by atoms with Crippen LogP contribution in [0.3, 0.4) is 0 Å². The van der Waals surface area contributed by atoms with Crippen LogP contribution in [0.2, 0.25) is 0 Å². The second-order valence-electron chi connectivity index (χ2n) is 7.66. The van der Waals surface area contributed by atoms with E-state index in [-0.39, 0.29) is 23.5 Å². The quantitative estimate of drug-likeness (QED) is 0.512. The normalized spacial score (nSPS) is 18.1. The Morgan fingerprint density at radius 3 is 2.27 bits per heavy atom. The molecule has 1 aromatic carbocycles. The highest BCUT2D eigenvalue weighted by Crippen LogP contribution is 2.36. The molecule has 6 nitrogen and oxygen atoms in total. The van der Waals surface area contributed by atoms with E-state index >= 15 is 0 Å². The second kappa shape index (κ2) is 10.9. The lowest BCUT2D eigenvalue weighted by molar-refractivity contribution is -0.191. The number of imidazole rings is 1. The average Bonchev–Trinajstić information content (AvgIpc) is 3.31. The molecule has 1 N–H and O–H groups in total. The van der Waals surface area contributed by atoms with Crippen LogP contribution in [0, 0.1) is 11.7 Å². The summed E-state index contributed by atoms with van der Waals surface area (Å²) in [5, 5.41) is 0. The number of rotatable bonds is 5. The summed E-state index contributed by atoms with van der Waals surface area (Å²) < 4.78 is 57.4. The Kier molecular flexibility index (Phi) is 7.95. The predicted molar refractivity (Wildman–Crippen MR) is 108 cm³/mol. The molecular formula is C23H21F4N3O3. The van der Waals surface area contributed by atoms with Gasteiger partial charge in [0.25, 0.3) is 0 Å². The van der Waals surface area contributed by atoms with Crippen molar-refractivity contribution >= 4 is 6.15 Å². The van der Waals surface area contributed by atoms with Crippen LogP contribution in [0.25, 0.3) is 11.4 Å². The topological polar surface area (TPSA) is 84.9 Å². The summed E-state index contributed by atoms with van der Waals surface area (Å²) in [6.45, 7) is 0.486. The summed E-state index contributed by atoms with van der Waals surface area (Å²) >= 11 is 0. The van der Waals surface area contributed by atoms with E-state index in [1.807, 2.05) is 6.07 Å². The predicted octanol–water partition coefficient (Wildman–Crippen LogP) is 5.40. The number of alkyl halides is 3. The molecule has 1 saturated carbocycles. The first-order valence-electron chi connectivity index (χ1n) is 10.3. The van der Waals surface area contributed by atoms with Crippen LogP contribution in [0.15, 0.2) is 48.8 Å². The maximum absolute atomic E-state index is 13.6. The number of aromatic nitrogens is 3. The van der Waals surface area contributed by atoms with Gasteiger partial charge in [-0.15, -0.1) is 0 Å². The molecule has 0 bridgehead atoms. The fourth-order valence-corrected chi connectivity index (χ4v) is 3.79. The number of ether oxygens (including phenoxy) is 1. The highest BCUT2D eigenvalue weighted by Gasteiger charge is 2.33. The molecule has 1 aliphatic rings. The number of halogens is 4. The average molecular weight is 463 g/mol. The van der Waals surface area contributed by atoms with Gasteiger partial charge in [0.05, 0.1) is 12.8 Å². The number of carbonyl (C=O) groups excluding carboxylic acids is 2. The van der Waals surface area contributed by atoms with Crippen LogP contribution in [0.4, 0.5) is 17.6 Å². The smallest absolute Gasteiger partial charge is 0.432 e. The number of aromatic amines is 1. The van der Waals surface area contributed by atoms with Crippen molar-refractivity contribution in [1.82, 2.24) is 15.0 Å². The van der Waals surface area contributed by atoms with Gasteiger partial charge in [-0.1, -0.05) is 12.1 Å². The monoisotopic (exact) mass is 463 g/mol. The minimum atomic E-state index is -4.45. The van der Waals surface area contributed by atoms with Crippen molar-refractivity contribution in [3.8, 4) is 17.1 Å². The molecule has 0 unspecified atom stereocenters. The molecule has 1 aliphatic carbocycles. The first-order valence-corrected chi connectivity index (χ1v) is 10.3. The van der Waals surface area contributed by atoms with Crippen LogP contribution < -0.4 is 4.74 Å². The zero-order valence-corrected chi connectivity index (χ0v) is 17.4. The molecule has 2 aromatic heterocycles. The number of hydrogen-bond donors (Lipinski definition) is 1. The molecule has 0 radical (unpaired) electrons. The van der Waals surface area contributed by atoms with Gasteiger partial charge in [-0.3, -0.25) is 4.98 Å². The molecule has 4 rings (SSSR count). The largest absolute Gasteiger partial charge is 0.490 e. The van der Waals surface area contributed by atoms with E-state index in [0.29, 0.717) is 24.0 Å². The van der Waals surface area contributed by atoms with E-state index in [1.165, 1.54) is 6.07 Å². The van der Waals surface area contributed by atoms with Crippen molar-refractivity contribution in [2.24, 2.45) is 5.92 Å². The summed E-state index contributed by atoms with van der Waals surface area (Å²) in [6, 6.07) is 9.99. The van der Waals surface area contributed by atoms with Crippen LogP contribution in [0.1, 0.15) is 43.0 Å². The van der Waals surface area contributed by atoms with Gasteiger partial charge in [-0.25, -0.2) is 9.37 Å². The lowest BCUT2D eigenvalue weighted by Crippen LogP contribution is -2.20. The third kappa shape index (κ3) is 6.49. The Hall–Kier alpha value is -3.52. The molecule has 174 valence electrons. The van der Waals surface area contributed by atoms with Crippen LogP contribution in [-0.2, 0) is 15.8 Å². The molecule has 0 spiro atoms. The van der Waals surface area contributed by atoms with Crippen molar-refractivity contribution in [2.45, 2.75) is 37.8 Å². The van der Waals surface area contributed by atoms with Crippen molar-refractivity contribution in [3.63, 3.8) is 0 Å². The highest BCUT2D eigenvalue weighted by atomic mass is 19.4. The van der Waals surface area contributed by atoms with Crippen molar-refractivity contribution in [2.75, 3.05) is 6.61 Å². The fourth-order valence-electron chi connectivity index (χ4n) is 3.79. The minimum absolute atomic E-state index is 0.148. The molecule has 0 amide bonds. The van der Waals surface area contributed by atoms with Gasteiger partial charge in [0.2, 0.25) is 0 Å². The molecule has 0 saturated heterocycles. The first-order chi connectivity index (χ1) is 15.8. The summed E-state index contributed by atoms with van der Waals surface area (Å²) in [5.41, 5.74) is 0.563. The van der Waals surface area contributed by atoms with Crippen molar-refractivity contribution in [3.05, 3.63) is 66.0 Å². The zero-order valence-electron chi connectivity index (χ0n) is 17.4. The van der Waals surface area contributed by atoms with Gasteiger partial charge in [-0.2, -0.15) is 22.8 Å². The number of nitrogens with one attached hydrogen (secondary N) is 1. The zero-order chi connectivity index (χ0) is 23.8. The summed E-state index contributed by atoms with van der Waals surface area (Å²) in [5.74, 6) is 0.739. The van der Waals surface area contributed by atoms with Crippen LogP contribution in [-0.4, -0.2) is 27.7 Å². The lowest BCUT2D eigenvalue weighted by Gasteiger charge is -2.28. The molecular weight excluding hydrogens is 442 g/mol. The van der Waals surface area contributed by atoms with Gasteiger partial charge in [-0.05, 0) is 55.9 Å². The van der Waals surface area contributed by atoms with Crippen LogP contribution in [0.5, 0.6) is 5.75 Å². The molecule has 3 aromatic rings. The maximum Gasteiger partial charge on any atom is 0.432 e. The number of para-hydroxylation sites is 1. The van der Waals surface area contributed by atoms with E-state index in [4.69, 9.17) is 14.3 Å². The second-order valence-corrected chi connectivity index (χ2v) is 7.66. The first kappa shape index (κ1) is 24.1. The van der Waals surface area contributed by atoms with E-state index < -0.39 is 11.9 Å². The molecule has 0 atom stereocenters. The van der Waals surface area contributed by atoms with Crippen molar-refractivity contribution in [1.29, 1.82) is 0 Å². The van der Waals surface area contributed by atoms with Gasteiger partial charge >= 0.3 is 12.3 Å². The van der Waals surface area contributed by atoms with Gasteiger partial charge in [0.15, 0.2) is 11.6 Å². The molecule has 0 aliphatic heterocycles. The minimum Gasteiger partial charge on any atom is -0.490 e. The number of hydrogen-bond acceptors (Lipinski definition) is 5.